The van der Waals surface area contributed by atoms with E-state index in [1.54, 1.807) is 17.0 Å². The molecule has 1 aliphatic heterocycles. The van der Waals surface area contributed by atoms with Crippen LogP contribution in [0.1, 0.15) is 11.1 Å². The lowest BCUT2D eigenvalue weighted by Crippen LogP contribution is -2.39. The number of anilines is 2. The highest BCUT2D eigenvalue weighted by atomic mass is 19.1. The first kappa shape index (κ1) is 13.4. The molecule has 5 heteroatoms. The van der Waals surface area contributed by atoms with E-state index in [0.29, 0.717) is 24.5 Å². The highest BCUT2D eigenvalue weighted by molar-refractivity contribution is 5.89. The summed E-state index contributed by atoms with van der Waals surface area (Å²) < 4.78 is 13.1. The predicted molar refractivity (Wildman–Crippen MR) is 80.4 cm³/mol. The highest BCUT2D eigenvalue weighted by Gasteiger charge is 2.22. The Kier molecular flexibility index (Phi) is 3.48. The van der Waals surface area contributed by atoms with Crippen molar-refractivity contribution in [3.05, 3.63) is 59.4 Å². The Balaban J connectivity index is 1.74. The molecule has 0 atom stereocenters. The first-order valence-corrected chi connectivity index (χ1v) is 6.81. The number of halogens is 1. The maximum absolute atomic E-state index is 13.1. The molecule has 2 aromatic rings. The standard InChI is InChI=1S/C16H16FN3O/c17-12-4-2-5-13(9-12)19-16(21)20-8-7-11-3-1-6-15(18)14(11)10-20/h1-6,9H,7-8,10,18H2,(H,19,21). The second kappa shape index (κ2) is 5.44. The minimum absolute atomic E-state index is 0.241. The summed E-state index contributed by atoms with van der Waals surface area (Å²) in [6.45, 7) is 1.10. The molecule has 3 N–H and O–H groups in total. The summed E-state index contributed by atoms with van der Waals surface area (Å²) in [6, 6.07) is 11.4. The van der Waals surface area contributed by atoms with E-state index < -0.39 is 0 Å². The topological polar surface area (TPSA) is 58.4 Å². The molecule has 0 bridgehead atoms. The fraction of sp³-hybridized carbons (Fsp3) is 0.188. The van der Waals surface area contributed by atoms with Crippen LogP contribution in [0.25, 0.3) is 0 Å². The van der Waals surface area contributed by atoms with Crippen LogP contribution in [0.4, 0.5) is 20.6 Å². The van der Waals surface area contributed by atoms with Crippen molar-refractivity contribution in [1.29, 1.82) is 0 Å². The van der Waals surface area contributed by atoms with Crippen LogP contribution in [0, 0.1) is 5.82 Å². The normalized spacial score (nSPS) is 13.7. The molecule has 0 saturated heterocycles. The van der Waals surface area contributed by atoms with Crippen LogP contribution in [0.2, 0.25) is 0 Å². The van der Waals surface area contributed by atoms with Crippen LogP contribution >= 0.6 is 0 Å². The molecule has 0 saturated carbocycles. The van der Waals surface area contributed by atoms with E-state index in [4.69, 9.17) is 5.73 Å². The van der Waals surface area contributed by atoms with Crippen molar-refractivity contribution in [3.63, 3.8) is 0 Å². The van der Waals surface area contributed by atoms with Crippen molar-refractivity contribution in [2.45, 2.75) is 13.0 Å². The molecule has 1 heterocycles. The number of nitrogen functional groups attached to an aromatic ring is 1. The number of carbonyl (C=O) groups is 1. The van der Waals surface area contributed by atoms with Gasteiger partial charge in [-0.05, 0) is 41.8 Å². The Hall–Kier alpha value is -2.56. The van der Waals surface area contributed by atoms with Gasteiger partial charge in [0.1, 0.15) is 5.82 Å². The van der Waals surface area contributed by atoms with Crippen LogP contribution in [0.3, 0.4) is 0 Å². The summed E-state index contributed by atoms with van der Waals surface area (Å²) in [7, 11) is 0. The van der Waals surface area contributed by atoms with E-state index in [0.717, 1.165) is 12.0 Å². The zero-order valence-electron chi connectivity index (χ0n) is 11.5. The Labute approximate surface area is 122 Å². The molecule has 0 unspecified atom stereocenters. The average Bonchev–Trinajstić information content (AvgIpc) is 2.47. The van der Waals surface area contributed by atoms with Crippen LogP contribution < -0.4 is 11.1 Å². The van der Waals surface area contributed by atoms with Gasteiger partial charge in [-0.3, -0.25) is 0 Å². The zero-order chi connectivity index (χ0) is 14.8. The first-order valence-electron chi connectivity index (χ1n) is 6.81. The number of nitrogens with one attached hydrogen (secondary N) is 1. The second-order valence-electron chi connectivity index (χ2n) is 5.10. The number of amides is 2. The fourth-order valence-corrected chi connectivity index (χ4v) is 2.55. The minimum atomic E-state index is -0.374. The molecule has 1 aliphatic rings. The molecule has 21 heavy (non-hydrogen) atoms. The van der Waals surface area contributed by atoms with Gasteiger partial charge in [-0.1, -0.05) is 18.2 Å². The predicted octanol–water partition coefficient (Wildman–Crippen LogP) is 3.00. The summed E-state index contributed by atoms with van der Waals surface area (Å²) in [6.07, 6.45) is 0.775. The molecule has 0 aliphatic carbocycles. The second-order valence-corrected chi connectivity index (χ2v) is 5.10. The number of nitrogens with zero attached hydrogens (tertiary/aromatic N) is 1. The third kappa shape index (κ3) is 2.81. The molecule has 2 amide bonds. The number of fused-ring (bicyclic) bond motifs is 1. The van der Waals surface area contributed by atoms with Crippen molar-refractivity contribution in [1.82, 2.24) is 4.90 Å². The van der Waals surface area contributed by atoms with Crippen LogP contribution in [0.5, 0.6) is 0 Å². The Bertz CT molecular complexity index is 687. The lowest BCUT2D eigenvalue weighted by Gasteiger charge is -2.29. The largest absolute Gasteiger partial charge is 0.398 e. The molecule has 2 aromatic carbocycles. The van der Waals surface area contributed by atoms with E-state index in [-0.39, 0.29) is 11.8 Å². The Morgan fingerprint density at radius 1 is 1.24 bits per heavy atom. The summed E-state index contributed by atoms with van der Waals surface area (Å²) >= 11 is 0. The van der Waals surface area contributed by atoms with E-state index in [2.05, 4.69) is 5.32 Å². The van der Waals surface area contributed by atoms with Crippen LogP contribution in [-0.4, -0.2) is 17.5 Å². The summed E-state index contributed by atoms with van der Waals surface area (Å²) in [5.41, 5.74) is 9.31. The SMILES string of the molecule is Nc1cccc2c1CN(C(=O)Nc1cccc(F)c1)CC2. The van der Waals surface area contributed by atoms with Gasteiger partial charge in [-0.15, -0.1) is 0 Å². The van der Waals surface area contributed by atoms with Crippen molar-refractivity contribution < 1.29 is 9.18 Å². The Morgan fingerprint density at radius 3 is 2.86 bits per heavy atom. The third-order valence-corrected chi connectivity index (χ3v) is 3.67. The van der Waals surface area contributed by atoms with Gasteiger partial charge in [0.05, 0.1) is 0 Å². The fourth-order valence-electron chi connectivity index (χ4n) is 2.55. The maximum Gasteiger partial charge on any atom is 0.322 e. The lowest BCUT2D eigenvalue weighted by atomic mass is 9.98. The molecule has 0 aromatic heterocycles. The lowest BCUT2D eigenvalue weighted by molar-refractivity contribution is 0.206. The average molecular weight is 285 g/mol. The maximum atomic E-state index is 13.1. The van der Waals surface area contributed by atoms with Gasteiger partial charge in [0.25, 0.3) is 0 Å². The number of urea groups is 1. The monoisotopic (exact) mass is 285 g/mol. The third-order valence-electron chi connectivity index (χ3n) is 3.67. The van der Waals surface area contributed by atoms with Crippen molar-refractivity contribution in [2.75, 3.05) is 17.6 Å². The zero-order valence-corrected chi connectivity index (χ0v) is 11.5. The quantitative estimate of drug-likeness (QED) is 0.791. The number of nitrogens with two attached hydrogens (primary N) is 1. The molecular formula is C16H16FN3O. The molecule has 0 spiro atoms. The van der Waals surface area contributed by atoms with Gasteiger partial charge < -0.3 is 16.0 Å². The van der Waals surface area contributed by atoms with Gasteiger partial charge in [-0.2, -0.15) is 0 Å². The van der Waals surface area contributed by atoms with E-state index in [1.165, 1.54) is 17.7 Å². The number of hydrogen-bond donors (Lipinski definition) is 2. The number of rotatable bonds is 1. The first-order chi connectivity index (χ1) is 10.1. The highest BCUT2D eigenvalue weighted by Crippen LogP contribution is 2.24. The molecular weight excluding hydrogens is 269 g/mol. The van der Waals surface area contributed by atoms with E-state index in [1.807, 2.05) is 18.2 Å². The van der Waals surface area contributed by atoms with E-state index in [9.17, 15) is 9.18 Å². The van der Waals surface area contributed by atoms with Crippen LogP contribution in [-0.2, 0) is 13.0 Å². The minimum Gasteiger partial charge on any atom is -0.398 e. The van der Waals surface area contributed by atoms with Crippen molar-refractivity contribution >= 4 is 17.4 Å². The van der Waals surface area contributed by atoms with Crippen molar-refractivity contribution in [2.24, 2.45) is 0 Å². The van der Waals surface area contributed by atoms with E-state index >= 15 is 0 Å². The van der Waals surface area contributed by atoms with Gasteiger partial charge in [0.15, 0.2) is 0 Å². The molecule has 3 rings (SSSR count). The molecule has 4 nitrogen and oxygen atoms in total. The Morgan fingerprint density at radius 2 is 2.05 bits per heavy atom. The molecule has 108 valence electrons. The van der Waals surface area contributed by atoms with Crippen molar-refractivity contribution in [3.8, 4) is 0 Å². The summed E-state index contributed by atoms with van der Waals surface area (Å²) in [5, 5.41) is 2.71. The number of carbonyl (C=O) groups excluding carboxylic acids is 1. The number of benzene rings is 2. The van der Waals surface area contributed by atoms with Gasteiger partial charge in [0.2, 0.25) is 0 Å². The summed E-state index contributed by atoms with van der Waals surface area (Å²) in [4.78, 5) is 13.9. The van der Waals surface area contributed by atoms with Gasteiger partial charge >= 0.3 is 6.03 Å². The smallest absolute Gasteiger partial charge is 0.322 e. The molecule has 0 fully saturated rings. The number of hydrogen-bond acceptors (Lipinski definition) is 2. The van der Waals surface area contributed by atoms with Crippen LogP contribution in [0.15, 0.2) is 42.5 Å². The van der Waals surface area contributed by atoms with Gasteiger partial charge in [-0.25, -0.2) is 9.18 Å². The molecule has 0 radical (unpaired) electrons. The summed E-state index contributed by atoms with van der Waals surface area (Å²) in [5.74, 6) is -0.374. The van der Waals surface area contributed by atoms with Gasteiger partial charge in [0, 0.05) is 24.5 Å².